The van der Waals surface area contributed by atoms with Crippen molar-refractivity contribution in [3.8, 4) is 16.9 Å². The number of carboxylic acids is 1. The number of anilines is 1. The molecule has 0 fully saturated rings. The van der Waals surface area contributed by atoms with Gasteiger partial charge in [0, 0.05) is 42.8 Å². The number of pyridine rings is 2. The number of benzene rings is 2. The van der Waals surface area contributed by atoms with Gasteiger partial charge in [0.15, 0.2) is 5.60 Å². The average molecular weight is 536 g/mol. The number of nitrogens with zero attached hydrogens (tertiary/aromatic N) is 3. The summed E-state index contributed by atoms with van der Waals surface area (Å²) in [6, 6.07) is 19.9. The van der Waals surface area contributed by atoms with Gasteiger partial charge in [-0.15, -0.1) is 0 Å². The number of ether oxygens (including phenoxy) is 1. The van der Waals surface area contributed by atoms with Gasteiger partial charge in [0.25, 0.3) is 0 Å². The first-order chi connectivity index (χ1) is 18.5. The summed E-state index contributed by atoms with van der Waals surface area (Å²) in [5, 5.41) is 9.27. The highest BCUT2D eigenvalue weighted by Crippen LogP contribution is 2.30. The van der Waals surface area contributed by atoms with Crippen molar-refractivity contribution in [2.24, 2.45) is 0 Å². The van der Waals surface area contributed by atoms with Crippen LogP contribution in [0.1, 0.15) is 30.5 Å². The van der Waals surface area contributed by atoms with Crippen LogP contribution < -0.4 is 9.64 Å². The summed E-state index contributed by atoms with van der Waals surface area (Å²) in [4.78, 5) is 22.1. The second-order valence-electron chi connectivity index (χ2n) is 9.57. The lowest BCUT2D eigenvalue weighted by Gasteiger charge is -2.25. The Morgan fingerprint density at radius 1 is 0.897 bits per heavy atom. The molecule has 0 amide bonds. The van der Waals surface area contributed by atoms with Crippen LogP contribution in [0.5, 0.6) is 5.75 Å². The summed E-state index contributed by atoms with van der Waals surface area (Å²) < 4.78 is 44.7. The van der Waals surface area contributed by atoms with Crippen molar-refractivity contribution in [3.05, 3.63) is 108 Å². The summed E-state index contributed by atoms with van der Waals surface area (Å²) in [7, 11) is 0. The highest BCUT2D eigenvalue weighted by atomic mass is 19.4. The summed E-state index contributed by atoms with van der Waals surface area (Å²) in [6.07, 6.45) is 1.43. The molecule has 0 aliphatic heterocycles. The van der Waals surface area contributed by atoms with Crippen LogP contribution in [0.25, 0.3) is 11.1 Å². The Hall–Kier alpha value is -4.40. The van der Waals surface area contributed by atoms with Gasteiger partial charge in [-0.2, -0.15) is 13.2 Å². The maximum atomic E-state index is 13.0. The SMILES string of the molecule is CC(C)(Oc1ccc(CCN(Cc2ccc(C(F)(F)F)cc2)c2ccc(-c3cccnc3)cn2)cc1)C(=O)O. The fraction of sp³-hybridized carbons (Fsp3) is 0.233. The first-order valence-corrected chi connectivity index (χ1v) is 12.3. The van der Waals surface area contributed by atoms with Crippen LogP contribution in [0, 0.1) is 0 Å². The smallest absolute Gasteiger partial charge is 0.416 e. The molecule has 2 aromatic heterocycles. The Balaban J connectivity index is 1.51. The molecule has 4 rings (SSSR count). The molecule has 4 aromatic rings. The van der Waals surface area contributed by atoms with E-state index in [4.69, 9.17) is 4.74 Å². The number of alkyl halides is 3. The van der Waals surface area contributed by atoms with Crippen molar-refractivity contribution in [2.45, 2.75) is 38.6 Å². The van der Waals surface area contributed by atoms with E-state index >= 15 is 0 Å². The van der Waals surface area contributed by atoms with Gasteiger partial charge >= 0.3 is 12.1 Å². The molecule has 0 saturated heterocycles. The first kappa shape index (κ1) is 27.6. The molecular weight excluding hydrogens is 507 g/mol. The molecule has 0 aliphatic carbocycles. The van der Waals surface area contributed by atoms with Crippen LogP contribution in [-0.4, -0.2) is 33.2 Å². The number of hydrogen-bond acceptors (Lipinski definition) is 5. The van der Waals surface area contributed by atoms with E-state index in [2.05, 4.69) is 9.97 Å². The highest BCUT2D eigenvalue weighted by Gasteiger charge is 2.30. The normalized spacial score (nSPS) is 11.7. The van der Waals surface area contributed by atoms with Gasteiger partial charge in [0.1, 0.15) is 11.6 Å². The molecule has 0 spiro atoms. The lowest BCUT2D eigenvalue weighted by Crippen LogP contribution is -2.37. The lowest BCUT2D eigenvalue weighted by atomic mass is 10.1. The van der Waals surface area contributed by atoms with Crippen LogP contribution in [0.2, 0.25) is 0 Å². The molecule has 0 atom stereocenters. The van der Waals surface area contributed by atoms with Crippen LogP contribution in [0.4, 0.5) is 19.0 Å². The molecule has 0 unspecified atom stereocenters. The van der Waals surface area contributed by atoms with Crippen molar-refractivity contribution in [2.75, 3.05) is 11.4 Å². The van der Waals surface area contributed by atoms with Crippen molar-refractivity contribution in [1.29, 1.82) is 0 Å². The minimum Gasteiger partial charge on any atom is -0.478 e. The third-order valence-electron chi connectivity index (χ3n) is 6.20. The van der Waals surface area contributed by atoms with Crippen molar-refractivity contribution in [3.63, 3.8) is 0 Å². The maximum Gasteiger partial charge on any atom is 0.416 e. The Morgan fingerprint density at radius 2 is 1.56 bits per heavy atom. The molecule has 0 aliphatic rings. The van der Waals surface area contributed by atoms with E-state index in [1.807, 2.05) is 41.3 Å². The van der Waals surface area contributed by atoms with Gasteiger partial charge in [0.05, 0.1) is 5.56 Å². The molecule has 2 aromatic carbocycles. The molecular formula is C30H28F3N3O3. The van der Waals surface area contributed by atoms with Gasteiger partial charge in [-0.3, -0.25) is 4.98 Å². The number of hydrogen-bond donors (Lipinski definition) is 1. The fourth-order valence-corrected chi connectivity index (χ4v) is 3.90. The summed E-state index contributed by atoms with van der Waals surface area (Å²) in [5.41, 5.74) is 1.50. The van der Waals surface area contributed by atoms with Crippen LogP contribution in [0.3, 0.4) is 0 Å². The van der Waals surface area contributed by atoms with E-state index in [1.165, 1.54) is 26.0 Å². The Morgan fingerprint density at radius 3 is 2.13 bits per heavy atom. The zero-order valence-corrected chi connectivity index (χ0v) is 21.5. The van der Waals surface area contributed by atoms with Gasteiger partial charge in [0.2, 0.25) is 0 Å². The molecule has 0 saturated carbocycles. The second kappa shape index (κ2) is 11.6. The van der Waals surface area contributed by atoms with E-state index in [-0.39, 0.29) is 0 Å². The Bertz CT molecular complexity index is 1370. The minimum atomic E-state index is -4.39. The fourth-order valence-electron chi connectivity index (χ4n) is 3.90. The standard InChI is InChI=1S/C30H28F3N3O3/c1-29(2,28(37)38)39-26-12-7-21(8-13-26)15-17-36(20-22-5-10-25(11-6-22)30(31,32)33)27-14-9-24(19-35-27)23-4-3-16-34-18-23/h3-14,16,18-19H,15,17,20H2,1-2H3,(H,37,38). The van der Waals surface area contributed by atoms with Gasteiger partial charge < -0.3 is 14.7 Å². The number of halogens is 3. The molecule has 9 heteroatoms. The quantitative estimate of drug-likeness (QED) is 0.245. The predicted molar refractivity (Wildman–Crippen MR) is 142 cm³/mol. The Kier molecular flexibility index (Phi) is 8.18. The molecule has 0 radical (unpaired) electrons. The van der Waals surface area contributed by atoms with E-state index < -0.39 is 23.3 Å². The van der Waals surface area contributed by atoms with E-state index in [0.29, 0.717) is 31.1 Å². The topological polar surface area (TPSA) is 75.5 Å². The zero-order chi connectivity index (χ0) is 28.0. The van der Waals surface area contributed by atoms with Crippen molar-refractivity contribution < 1.29 is 27.8 Å². The van der Waals surface area contributed by atoms with Gasteiger partial charge in [-0.25, -0.2) is 9.78 Å². The third-order valence-corrected chi connectivity index (χ3v) is 6.20. The van der Waals surface area contributed by atoms with Gasteiger partial charge in [-0.1, -0.05) is 30.3 Å². The lowest BCUT2D eigenvalue weighted by molar-refractivity contribution is -0.152. The zero-order valence-electron chi connectivity index (χ0n) is 21.5. The summed E-state index contributed by atoms with van der Waals surface area (Å²) >= 11 is 0. The summed E-state index contributed by atoms with van der Waals surface area (Å²) in [5.74, 6) is 0.0682. The number of carboxylic acid groups (broad SMARTS) is 1. The molecule has 202 valence electrons. The number of aliphatic carboxylic acids is 1. The van der Waals surface area contributed by atoms with Gasteiger partial charge in [-0.05, 0) is 73.9 Å². The van der Waals surface area contributed by atoms with Crippen LogP contribution in [-0.2, 0) is 23.9 Å². The average Bonchev–Trinajstić information content (AvgIpc) is 2.92. The highest BCUT2D eigenvalue weighted by molar-refractivity contribution is 5.76. The monoisotopic (exact) mass is 535 g/mol. The van der Waals surface area contributed by atoms with Crippen molar-refractivity contribution in [1.82, 2.24) is 9.97 Å². The maximum absolute atomic E-state index is 13.0. The van der Waals surface area contributed by atoms with E-state index in [0.717, 1.165) is 34.4 Å². The van der Waals surface area contributed by atoms with E-state index in [1.54, 1.807) is 30.7 Å². The minimum absolute atomic E-state index is 0.366. The largest absolute Gasteiger partial charge is 0.478 e. The van der Waals surface area contributed by atoms with Crippen molar-refractivity contribution >= 4 is 11.8 Å². The molecule has 0 bridgehead atoms. The number of aromatic nitrogens is 2. The first-order valence-electron chi connectivity index (χ1n) is 12.3. The molecule has 39 heavy (non-hydrogen) atoms. The predicted octanol–water partition coefficient (Wildman–Crippen LogP) is 6.65. The van der Waals surface area contributed by atoms with E-state index in [9.17, 15) is 23.1 Å². The second-order valence-corrected chi connectivity index (χ2v) is 9.57. The molecule has 2 heterocycles. The van der Waals surface area contributed by atoms with Crippen LogP contribution in [0.15, 0.2) is 91.4 Å². The molecule has 1 N–H and O–H groups in total. The van der Waals surface area contributed by atoms with Crippen LogP contribution >= 0.6 is 0 Å². The summed E-state index contributed by atoms with van der Waals surface area (Å²) in [6.45, 7) is 3.87. The Labute approximate surface area is 224 Å². The number of carbonyl (C=O) groups is 1. The third kappa shape index (κ3) is 7.34. The molecule has 6 nitrogen and oxygen atoms in total. The number of rotatable bonds is 10.